The second-order valence-electron chi connectivity index (χ2n) is 6.05. The summed E-state index contributed by atoms with van der Waals surface area (Å²) in [5.74, 6) is -0.472. The van der Waals surface area contributed by atoms with Crippen LogP contribution in [0, 0.1) is 0 Å². The van der Waals surface area contributed by atoms with Crippen molar-refractivity contribution in [1.82, 2.24) is 4.37 Å². The Morgan fingerprint density at radius 3 is 2.58 bits per heavy atom. The zero-order valence-corrected chi connectivity index (χ0v) is 14.9. The van der Waals surface area contributed by atoms with Crippen molar-refractivity contribution in [1.29, 1.82) is 0 Å². The summed E-state index contributed by atoms with van der Waals surface area (Å²) in [4.78, 5) is 25.0. The van der Waals surface area contributed by atoms with E-state index in [9.17, 15) is 9.59 Å². The van der Waals surface area contributed by atoms with E-state index in [-0.39, 0.29) is 17.8 Å². The van der Waals surface area contributed by atoms with Gasteiger partial charge in [-0.05, 0) is 29.2 Å². The number of methoxy groups -OCH3 is 1. The third-order valence-corrected chi connectivity index (χ3v) is 5.43. The van der Waals surface area contributed by atoms with Crippen molar-refractivity contribution < 1.29 is 14.3 Å². The molecule has 2 heterocycles. The lowest BCUT2D eigenvalue weighted by molar-refractivity contribution is -0.116. The molecule has 0 bridgehead atoms. The van der Waals surface area contributed by atoms with Crippen LogP contribution in [0.25, 0.3) is 11.3 Å². The van der Waals surface area contributed by atoms with E-state index in [1.54, 1.807) is 12.1 Å². The number of hydrogen-bond acceptors (Lipinski definition) is 5. The molecule has 0 radical (unpaired) electrons. The smallest absolute Gasteiger partial charge is 0.337 e. The highest BCUT2D eigenvalue weighted by molar-refractivity contribution is 7.07. The molecule has 0 saturated carbocycles. The molecule has 0 saturated heterocycles. The van der Waals surface area contributed by atoms with Crippen LogP contribution in [0.1, 0.15) is 33.1 Å². The maximum absolute atomic E-state index is 12.3. The van der Waals surface area contributed by atoms with Gasteiger partial charge in [-0.2, -0.15) is 4.37 Å². The molecule has 1 aliphatic heterocycles. The van der Waals surface area contributed by atoms with Gasteiger partial charge in [0.2, 0.25) is 5.91 Å². The number of esters is 1. The average Bonchev–Trinajstić information content (AvgIpc) is 3.11. The quantitative estimate of drug-likeness (QED) is 0.711. The predicted molar refractivity (Wildman–Crippen MR) is 100 cm³/mol. The van der Waals surface area contributed by atoms with Crippen molar-refractivity contribution in [2.45, 2.75) is 12.3 Å². The number of rotatable bonds is 3. The van der Waals surface area contributed by atoms with Crippen molar-refractivity contribution in [3.8, 4) is 11.3 Å². The molecule has 1 aromatic heterocycles. The van der Waals surface area contributed by atoms with Gasteiger partial charge in [0.05, 0.1) is 23.2 Å². The molecule has 0 spiro atoms. The first-order valence-electron chi connectivity index (χ1n) is 8.20. The fraction of sp³-hybridized carbons (Fsp3) is 0.150. The zero-order valence-electron chi connectivity index (χ0n) is 14.1. The molecule has 0 fully saturated rings. The summed E-state index contributed by atoms with van der Waals surface area (Å²) in [6.45, 7) is 0. The predicted octanol–water partition coefficient (Wildman–Crippen LogP) is 4.07. The maximum Gasteiger partial charge on any atom is 0.337 e. The molecule has 1 unspecified atom stereocenters. The number of aromatic nitrogens is 1. The average molecular weight is 364 g/mol. The molecular formula is C20H16N2O3S. The zero-order chi connectivity index (χ0) is 18.1. The second-order valence-corrected chi connectivity index (χ2v) is 6.86. The molecular weight excluding hydrogens is 348 g/mol. The normalized spacial score (nSPS) is 15.9. The number of hydrogen-bond donors (Lipinski definition) is 1. The van der Waals surface area contributed by atoms with E-state index in [0.29, 0.717) is 12.0 Å². The Kier molecular flexibility index (Phi) is 4.26. The van der Waals surface area contributed by atoms with Gasteiger partial charge in [0.15, 0.2) is 0 Å². The summed E-state index contributed by atoms with van der Waals surface area (Å²) < 4.78 is 9.33. The first-order chi connectivity index (χ1) is 12.7. The van der Waals surface area contributed by atoms with Crippen molar-refractivity contribution in [2.75, 3.05) is 12.4 Å². The molecule has 1 N–H and O–H groups in total. The summed E-state index contributed by atoms with van der Waals surface area (Å²) in [5.41, 5.74) is 4.05. The molecule has 6 heteroatoms. The van der Waals surface area contributed by atoms with Crippen molar-refractivity contribution in [3.05, 3.63) is 70.6 Å². The Bertz CT molecular complexity index is 964. The van der Waals surface area contributed by atoms with Crippen LogP contribution in [0.5, 0.6) is 0 Å². The standard InChI is InChI=1S/C20H16N2O3S/c1-25-20(24)14-9-7-12(8-10-14)15-11-16(23)21-18-17(22-26-19(15)18)13-5-3-2-4-6-13/h2-10,15H,11H2,1H3,(H,21,23). The Morgan fingerprint density at radius 1 is 1.15 bits per heavy atom. The minimum absolute atomic E-state index is 0.0306. The van der Waals surface area contributed by atoms with Crippen LogP contribution >= 0.6 is 11.5 Å². The van der Waals surface area contributed by atoms with E-state index in [1.165, 1.54) is 18.6 Å². The number of carbonyl (C=O) groups is 2. The van der Waals surface area contributed by atoms with E-state index in [1.807, 2.05) is 42.5 Å². The SMILES string of the molecule is COC(=O)c1ccc(C2CC(=O)Nc3c(-c4ccccc4)nsc32)cc1. The second kappa shape index (κ2) is 6.72. The number of amides is 1. The number of ether oxygens (including phenoxy) is 1. The summed E-state index contributed by atoms with van der Waals surface area (Å²) >= 11 is 1.41. The number of nitrogens with zero attached hydrogens (tertiary/aromatic N) is 1. The lowest BCUT2D eigenvalue weighted by Crippen LogP contribution is -2.22. The molecule has 130 valence electrons. The molecule has 1 atom stereocenters. The summed E-state index contributed by atoms with van der Waals surface area (Å²) in [5, 5.41) is 2.98. The van der Waals surface area contributed by atoms with Crippen LogP contribution in [-0.4, -0.2) is 23.4 Å². The highest BCUT2D eigenvalue weighted by Crippen LogP contribution is 2.44. The highest BCUT2D eigenvalue weighted by Gasteiger charge is 2.31. The first-order valence-corrected chi connectivity index (χ1v) is 8.98. The monoisotopic (exact) mass is 364 g/mol. The Labute approximate surface area is 154 Å². The third kappa shape index (κ3) is 2.88. The number of nitrogens with one attached hydrogen (secondary N) is 1. The van der Waals surface area contributed by atoms with Gasteiger partial charge in [-0.15, -0.1) is 0 Å². The van der Waals surface area contributed by atoms with Gasteiger partial charge in [-0.25, -0.2) is 4.79 Å². The van der Waals surface area contributed by atoms with Crippen LogP contribution in [0.3, 0.4) is 0 Å². The molecule has 0 aliphatic carbocycles. The molecule has 3 aromatic rings. The van der Waals surface area contributed by atoms with Gasteiger partial charge in [-0.1, -0.05) is 42.5 Å². The largest absolute Gasteiger partial charge is 0.465 e. The summed E-state index contributed by atoms with van der Waals surface area (Å²) in [6, 6.07) is 17.0. The Morgan fingerprint density at radius 2 is 1.88 bits per heavy atom. The molecule has 5 nitrogen and oxygen atoms in total. The van der Waals surface area contributed by atoms with Crippen LogP contribution in [0.4, 0.5) is 5.69 Å². The van der Waals surface area contributed by atoms with Gasteiger partial charge in [-0.3, -0.25) is 4.79 Å². The molecule has 26 heavy (non-hydrogen) atoms. The molecule has 1 amide bonds. The first kappa shape index (κ1) is 16.5. The van der Waals surface area contributed by atoms with E-state index < -0.39 is 0 Å². The maximum atomic E-state index is 12.3. The van der Waals surface area contributed by atoms with Crippen LogP contribution < -0.4 is 5.32 Å². The fourth-order valence-corrected chi connectivity index (χ4v) is 4.13. The lowest BCUT2D eigenvalue weighted by atomic mass is 9.89. The number of carbonyl (C=O) groups excluding carboxylic acids is 2. The molecule has 4 rings (SSSR count). The van der Waals surface area contributed by atoms with Gasteiger partial charge in [0.25, 0.3) is 0 Å². The number of benzene rings is 2. The van der Waals surface area contributed by atoms with Gasteiger partial charge in [0.1, 0.15) is 5.69 Å². The van der Waals surface area contributed by atoms with E-state index >= 15 is 0 Å². The van der Waals surface area contributed by atoms with Crippen LogP contribution in [-0.2, 0) is 9.53 Å². The topological polar surface area (TPSA) is 68.3 Å². The van der Waals surface area contributed by atoms with E-state index in [0.717, 1.165) is 27.4 Å². The minimum Gasteiger partial charge on any atom is -0.465 e. The van der Waals surface area contributed by atoms with Crippen molar-refractivity contribution >= 4 is 29.1 Å². The number of anilines is 1. The Balaban J connectivity index is 1.73. The summed E-state index contributed by atoms with van der Waals surface area (Å²) in [7, 11) is 1.36. The van der Waals surface area contributed by atoms with Crippen LogP contribution in [0.2, 0.25) is 0 Å². The van der Waals surface area contributed by atoms with Gasteiger partial charge in [0, 0.05) is 17.9 Å². The van der Waals surface area contributed by atoms with Gasteiger partial charge < -0.3 is 10.1 Å². The molecule has 2 aromatic carbocycles. The van der Waals surface area contributed by atoms with E-state index in [2.05, 4.69) is 9.69 Å². The van der Waals surface area contributed by atoms with E-state index in [4.69, 9.17) is 4.74 Å². The highest BCUT2D eigenvalue weighted by atomic mass is 32.1. The summed E-state index contributed by atoms with van der Waals surface area (Å²) in [6.07, 6.45) is 0.362. The number of fused-ring (bicyclic) bond motifs is 1. The molecule has 1 aliphatic rings. The third-order valence-electron chi connectivity index (χ3n) is 4.47. The minimum atomic E-state index is -0.372. The Hall–Kier alpha value is -2.99. The fourth-order valence-electron chi connectivity index (χ4n) is 3.16. The van der Waals surface area contributed by atoms with Crippen LogP contribution in [0.15, 0.2) is 54.6 Å². The van der Waals surface area contributed by atoms with Gasteiger partial charge >= 0.3 is 5.97 Å². The lowest BCUT2D eigenvalue weighted by Gasteiger charge is -2.23. The van der Waals surface area contributed by atoms with Crippen molar-refractivity contribution in [3.63, 3.8) is 0 Å². The van der Waals surface area contributed by atoms with Crippen molar-refractivity contribution in [2.24, 2.45) is 0 Å².